The lowest BCUT2D eigenvalue weighted by molar-refractivity contribution is 0.131. The van der Waals surface area contributed by atoms with E-state index < -0.39 is 0 Å². The van der Waals surface area contributed by atoms with E-state index >= 15 is 0 Å². The fourth-order valence-electron chi connectivity index (χ4n) is 1.98. The van der Waals surface area contributed by atoms with Crippen molar-refractivity contribution in [2.45, 2.75) is 19.4 Å². The summed E-state index contributed by atoms with van der Waals surface area (Å²) in [6, 6.07) is 0.366. The highest BCUT2D eigenvalue weighted by atomic mass is 32.2. The maximum absolute atomic E-state index is 6.09. The van der Waals surface area contributed by atoms with Crippen molar-refractivity contribution in [2.75, 3.05) is 51.3 Å². The highest BCUT2D eigenvalue weighted by Crippen LogP contribution is 2.04. The van der Waals surface area contributed by atoms with Crippen LogP contribution in [0.25, 0.3) is 0 Å². The normalized spacial score (nSPS) is 21.8. The van der Waals surface area contributed by atoms with Gasteiger partial charge in [-0.25, -0.2) is 0 Å². The van der Waals surface area contributed by atoms with Crippen molar-refractivity contribution in [3.8, 4) is 0 Å². The van der Waals surface area contributed by atoms with Crippen molar-refractivity contribution in [3.05, 3.63) is 0 Å². The average Bonchev–Trinajstić information content (AvgIpc) is 2.27. The van der Waals surface area contributed by atoms with Gasteiger partial charge >= 0.3 is 0 Å². The number of hydrogen-bond acceptors (Lipinski definition) is 4. The summed E-state index contributed by atoms with van der Waals surface area (Å²) in [5, 5.41) is 0. The lowest BCUT2D eigenvalue weighted by atomic mass is 10.2. The fourth-order valence-corrected chi connectivity index (χ4v) is 2.52. The van der Waals surface area contributed by atoms with Gasteiger partial charge in [0, 0.05) is 38.8 Å². The summed E-state index contributed by atoms with van der Waals surface area (Å²) in [6.45, 7) is 9.32. The van der Waals surface area contributed by atoms with E-state index in [4.69, 9.17) is 5.73 Å². The lowest BCUT2D eigenvalue weighted by Crippen LogP contribution is -2.49. The number of hydrogen-bond donors (Lipinski definition) is 1. The third kappa shape index (κ3) is 5.20. The Morgan fingerprint density at radius 2 is 1.80 bits per heavy atom. The maximum atomic E-state index is 6.09. The molecule has 3 nitrogen and oxygen atoms in total. The van der Waals surface area contributed by atoms with Crippen LogP contribution in [0.4, 0.5) is 0 Å². The molecule has 2 N–H and O–H groups in total. The summed E-state index contributed by atoms with van der Waals surface area (Å²) in [5.41, 5.74) is 6.09. The third-order valence-corrected chi connectivity index (χ3v) is 3.74. The SMILES string of the molecule is CCN1CCN(C[C@@H](N)CCSC)CC1. The van der Waals surface area contributed by atoms with Crippen molar-refractivity contribution < 1.29 is 0 Å². The molecule has 0 aromatic heterocycles. The lowest BCUT2D eigenvalue weighted by Gasteiger charge is -2.35. The molecule has 0 spiro atoms. The van der Waals surface area contributed by atoms with Crippen LogP contribution in [-0.4, -0.2) is 67.1 Å². The molecule has 0 saturated carbocycles. The predicted molar refractivity (Wildman–Crippen MR) is 69.5 cm³/mol. The summed E-state index contributed by atoms with van der Waals surface area (Å²) >= 11 is 1.89. The standard InChI is InChI=1S/C11H25N3S/c1-3-13-5-7-14(8-6-13)10-11(12)4-9-15-2/h11H,3-10,12H2,1-2H3/t11-/m0/s1. The van der Waals surface area contributed by atoms with Gasteiger partial charge in [0.1, 0.15) is 0 Å². The zero-order chi connectivity index (χ0) is 11.1. The topological polar surface area (TPSA) is 32.5 Å². The van der Waals surface area contributed by atoms with Gasteiger partial charge in [-0.2, -0.15) is 11.8 Å². The second-order valence-corrected chi connectivity index (χ2v) is 5.26. The Hall–Kier alpha value is 0.230. The van der Waals surface area contributed by atoms with Gasteiger partial charge in [0.05, 0.1) is 0 Å². The Morgan fingerprint density at radius 1 is 1.20 bits per heavy atom. The van der Waals surface area contributed by atoms with Crippen LogP contribution in [0.5, 0.6) is 0 Å². The Labute approximate surface area is 98.4 Å². The van der Waals surface area contributed by atoms with Crippen LogP contribution in [0.2, 0.25) is 0 Å². The van der Waals surface area contributed by atoms with Crippen LogP contribution in [0.15, 0.2) is 0 Å². The summed E-state index contributed by atoms with van der Waals surface area (Å²) in [5.74, 6) is 1.19. The molecule has 1 saturated heterocycles. The molecule has 0 bridgehead atoms. The van der Waals surface area contributed by atoms with Crippen LogP contribution < -0.4 is 5.73 Å². The van der Waals surface area contributed by atoms with Crippen LogP contribution in [0.3, 0.4) is 0 Å². The van der Waals surface area contributed by atoms with Crippen molar-refractivity contribution >= 4 is 11.8 Å². The van der Waals surface area contributed by atoms with Crippen molar-refractivity contribution in [1.29, 1.82) is 0 Å². The molecule has 1 aliphatic heterocycles. The van der Waals surface area contributed by atoms with Crippen LogP contribution >= 0.6 is 11.8 Å². The van der Waals surface area contributed by atoms with Gasteiger partial charge in [0.15, 0.2) is 0 Å². The Morgan fingerprint density at radius 3 is 2.33 bits per heavy atom. The quantitative estimate of drug-likeness (QED) is 0.729. The molecule has 0 aliphatic carbocycles. The van der Waals surface area contributed by atoms with Crippen molar-refractivity contribution in [1.82, 2.24) is 9.80 Å². The molecule has 1 fully saturated rings. The predicted octanol–water partition coefficient (Wildman–Crippen LogP) is 0.704. The molecule has 1 rings (SSSR count). The fraction of sp³-hybridized carbons (Fsp3) is 1.00. The first kappa shape index (κ1) is 13.3. The summed E-state index contributed by atoms with van der Waals surface area (Å²) in [7, 11) is 0. The van der Waals surface area contributed by atoms with E-state index in [1.54, 1.807) is 0 Å². The molecule has 0 amide bonds. The van der Waals surface area contributed by atoms with Gasteiger partial charge in [-0.05, 0) is 25.0 Å². The van der Waals surface area contributed by atoms with E-state index in [0.717, 1.165) is 13.0 Å². The summed E-state index contributed by atoms with van der Waals surface area (Å²) in [4.78, 5) is 5.01. The first-order valence-corrected chi connectivity index (χ1v) is 7.35. The molecular weight excluding hydrogens is 206 g/mol. The van der Waals surface area contributed by atoms with Gasteiger partial charge in [-0.1, -0.05) is 6.92 Å². The zero-order valence-corrected chi connectivity index (χ0v) is 10.9. The van der Waals surface area contributed by atoms with Gasteiger partial charge in [0.2, 0.25) is 0 Å². The molecule has 1 aliphatic rings. The summed E-state index contributed by atoms with van der Waals surface area (Å²) < 4.78 is 0. The number of piperazine rings is 1. The highest BCUT2D eigenvalue weighted by molar-refractivity contribution is 7.98. The molecule has 1 atom stereocenters. The van der Waals surface area contributed by atoms with Crippen molar-refractivity contribution in [3.63, 3.8) is 0 Å². The average molecular weight is 231 g/mol. The van der Waals surface area contributed by atoms with E-state index in [1.165, 1.54) is 38.5 Å². The van der Waals surface area contributed by atoms with E-state index in [-0.39, 0.29) is 0 Å². The number of nitrogens with zero attached hydrogens (tertiary/aromatic N) is 2. The number of nitrogens with two attached hydrogens (primary N) is 1. The molecule has 0 radical (unpaired) electrons. The van der Waals surface area contributed by atoms with Crippen LogP contribution in [0, 0.1) is 0 Å². The zero-order valence-electron chi connectivity index (χ0n) is 10.1. The molecule has 4 heteroatoms. The monoisotopic (exact) mass is 231 g/mol. The molecule has 1 heterocycles. The van der Waals surface area contributed by atoms with E-state index in [9.17, 15) is 0 Å². The Bertz CT molecular complexity index is 158. The molecule has 0 unspecified atom stereocenters. The minimum atomic E-state index is 0.366. The van der Waals surface area contributed by atoms with Crippen molar-refractivity contribution in [2.24, 2.45) is 5.73 Å². The van der Waals surface area contributed by atoms with Crippen LogP contribution in [-0.2, 0) is 0 Å². The number of rotatable bonds is 6. The van der Waals surface area contributed by atoms with E-state index in [2.05, 4.69) is 23.0 Å². The number of likely N-dealkylation sites (N-methyl/N-ethyl adjacent to an activating group) is 1. The Kier molecular flexibility index (Phi) is 6.64. The van der Waals surface area contributed by atoms with E-state index in [1.807, 2.05) is 11.8 Å². The summed E-state index contributed by atoms with van der Waals surface area (Å²) in [6.07, 6.45) is 3.29. The molecule has 15 heavy (non-hydrogen) atoms. The van der Waals surface area contributed by atoms with E-state index in [0.29, 0.717) is 6.04 Å². The number of thioether (sulfide) groups is 1. The van der Waals surface area contributed by atoms with Gasteiger partial charge < -0.3 is 10.6 Å². The largest absolute Gasteiger partial charge is 0.327 e. The van der Waals surface area contributed by atoms with Gasteiger partial charge in [-0.15, -0.1) is 0 Å². The smallest absolute Gasteiger partial charge is 0.0175 e. The molecule has 0 aromatic carbocycles. The maximum Gasteiger partial charge on any atom is 0.0175 e. The highest BCUT2D eigenvalue weighted by Gasteiger charge is 2.16. The minimum absolute atomic E-state index is 0.366. The second-order valence-electron chi connectivity index (χ2n) is 4.28. The van der Waals surface area contributed by atoms with Gasteiger partial charge in [0.25, 0.3) is 0 Å². The third-order valence-electron chi connectivity index (χ3n) is 3.10. The van der Waals surface area contributed by atoms with Crippen LogP contribution in [0.1, 0.15) is 13.3 Å². The molecular formula is C11H25N3S. The molecule has 90 valence electrons. The Balaban J connectivity index is 2.12. The first-order chi connectivity index (χ1) is 7.26. The molecule has 0 aromatic rings. The first-order valence-electron chi connectivity index (χ1n) is 5.95. The minimum Gasteiger partial charge on any atom is -0.327 e. The van der Waals surface area contributed by atoms with Gasteiger partial charge in [-0.3, -0.25) is 4.90 Å². The second kappa shape index (κ2) is 7.49.